The summed E-state index contributed by atoms with van der Waals surface area (Å²) in [7, 11) is 2.04. The maximum Gasteiger partial charge on any atom is 0.161 e. The zero-order chi connectivity index (χ0) is 17.1. The van der Waals surface area contributed by atoms with Gasteiger partial charge in [-0.3, -0.25) is 4.90 Å². The van der Waals surface area contributed by atoms with Gasteiger partial charge in [-0.05, 0) is 18.7 Å². The monoisotopic (exact) mass is 330 g/mol. The van der Waals surface area contributed by atoms with Crippen LogP contribution < -0.4 is 9.47 Å². The van der Waals surface area contributed by atoms with E-state index < -0.39 is 0 Å². The summed E-state index contributed by atoms with van der Waals surface area (Å²) in [4.78, 5) is 2.32. The van der Waals surface area contributed by atoms with E-state index in [1.54, 1.807) is 0 Å². The lowest BCUT2D eigenvalue weighted by Gasteiger charge is -2.30. The highest BCUT2D eigenvalue weighted by molar-refractivity contribution is 5.40. The van der Waals surface area contributed by atoms with E-state index in [9.17, 15) is 0 Å². The zero-order valence-corrected chi connectivity index (χ0v) is 14.9. The SMILES string of the molecule is CCN(Cc1nnc(C(C)C)n1C)C[C@H]1COc2ccccc2O1. The van der Waals surface area contributed by atoms with Crippen molar-refractivity contribution in [2.75, 3.05) is 19.7 Å². The molecule has 24 heavy (non-hydrogen) atoms. The summed E-state index contributed by atoms with van der Waals surface area (Å²) in [6.07, 6.45) is 0.0256. The second kappa shape index (κ2) is 7.21. The molecule has 2 aromatic rings. The van der Waals surface area contributed by atoms with Crippen molar-refractivity contribution in [2.45, 2.75) is 39.3 Å². The molecule has 3 rings (SSSR count). The van der Waals surface area contributed by atoms with Gasteiger partial charge in [0.05, 0.1) is 6.54 Å². The minimum absolute atomic E-state index is 0.0256. The van der Waals surface area contributed by atoms with Crippen molar-refractivity contribution in [1.82, 2.24) is 19.7 Å². The van der Waals surface area contributed by atoms with Gasteiger partial charge in [-0.15, -0.1) is 10.2 Å². The van der Waals surface area contributed by atoms with Crippen LogP contribution in [0.2, 0.25) is 0 Å². The summed E-state index contributed by atoms with van der Waals surface area (Å²) < 4.78 is 14.0. The maximum absolute atomic E-state index is 6.07. The highest BCUT2D eigenvalue weighted by Crippen LogP contribution is 2.31. The Morgan fingerprint density at radius 1 is 1.25 bits per heavy atom. The lowest BCUT2D eigenvalue weighted by molar-refractivity contribution is 0.0571. The number of nitrogens with zero attached hydrogens (tertiary/aromatic N) is 4. The summed E-state index contributed by atoms with van der Waals surface area (Å²) >= 11 is 0. The van der Waals surface area contributed by atoms with Crippen molar-refractivity contribution in [1.29, 1.82) is 0 Å². The van der Waals surface area contributed by atoms with Crippen molar-refractivity contribution in [2.24, 2.45) is 7.05 Å². The van der Waals surface area contributed by atoms with Crippen LogP contribution in [0.25, 0.3) is 0 Å². The summed E-state index contributed by atoms with van der Waals surface area (Å²) in [5, 5.41) is 8.66. The first-order valence-corrected chi connectivity index (χ1v) is 8.57. The van der Waals surface area contributed by atoms with Crippen LogP contribution in [0.3, 0.4) is 0 Å². The van der Waals surface area contributed by atoms with E-state index in [2.05, 4.69) is 40.4 Å². The van der Waals surface area contributed by atoms with E-state index in [1.807, 2.05) is 31.3 Å². The van der Waals surface area contributed by atoms with E-state index in [1.165, 1.54) is 0 Å². The zero-order valence-electron chi connectivity index (χ0n) is 14.9. The van der Waals surface area contributed by atoms with Crippen LogP contribution in [0, 0.1) is 0 Å². The number of hydrogen-bond acceptors (Lipinski definition) is 5. The molecule has 0 spiro atoms. The number of fused-ring (bicyclic) bond motifs is 1. The Morgan fingerprint density at radius 2 is 2.00 bits per heavy atom. The fourth-order valence-corrected chi connectivity index (χ4v) is 2.96. The Morgan fingerprint density at radius 3 is 2.67 bits per heavy atom. The van der Waals surface area contributed by atoms with Crippen LogP contribution in [-0.4, -0.2) is 45.5 Å². The van der Waals surface area contributed by atoms with Crippen molar-refractivity contribution in [3.8, 4) is 11.5 Å². The van der Waals surface area contributed by atoms with Crippen molar-refractivity contribution in [3.63, 3.8) is 0 Å². The quantitative estimate of drug-likeness (QED) is 0.815. The van der Waals surface area contributed by atoms with Gasteiger partial charge in [0.15, 0.2) is 11.5 Å². The number of benzene rings is 1. The Hall–Kier alpha value is -2.08. The first kappa shape index (κ1) is 16.8. The van der Waals surface area contributed by atoms with Crippen LogP contribution in [-0.2, 0) is 13.6 Å². The molecule has 1 aliphatic heterocycles. The third kappa shape index (κ3) is 3.53. The summed E-state index contributed by atoms with van der Waals surface area (Å²) in [5.74, 6) is 4.03. The predicted molar refractivity (Wildman–Crippen MR) is 92.4 cm³/mol. The van der Waals surface area contributed by atoms with Gasteiger partial charge in [0.1, 0.15) is 24.4 Å². The van der Waals surface area contributed by atoms with Gasteiger partial charge in [0.25, 0.3) is 0 Å². The summed E-state index contributed by atoms with van der Waals surface area (Å²) in [6.45, 7) is 9.47. The number of likely N-dealkylation sites (N-methyl/N-ethyl adjacent to an activating group) is 1. The van der Waals surface area contributed by atoms with E-state index in [0.717, 1.165) is 42.8 Å². The minimum Gasteiger partial charge on any atom is -0.486 e. The van der Waals surface area contributed by atoms with Crippen LogP contribution >= 0.6 is 0 Å². The first-order valence-electron chi connectivity index (χ1n) is 8.57. The summed E-state index contributed by atoms with van der Waals surface area (Å²) in [6, 6.07) is 7.82. The Labute approximate surface area is 143 Å². The van der Waals surface area contributed by atoms with Gasteiger partial charge >= 0.3 is 0 Å². The van der Waals surface area contributed by atoms with Crippen molar-refractivity contribution in [3.05, 3.63) is 35.9 Å². The molecule has 0 N–H and O–H groups in total. The standard InChI is InChI=1S/C18H26N4O2/c1-5-22(11-17-19-20-18(13(2)3)21(17)4)10-14-12-23-15-8-6-7-9-16(15)24-14/h6-9,13-14H,5,10-12H2,1-4H3/t14-/m0/s1. The third-order valence-electron chi connectivity index (χ3n) is 4.36. The van der Waals surface area contributed by atoms with E-state index in [4.69, 9.17) is 9.47 Å². The minimum atomic E-state index is 0.0256. The molecule has 6 nitrogen and oxygen atoms in total. The second-order valence-corrected chi connectivity index (χ2v) is 6.51. The van der Waals surface area contributed by atoms with Crippen LogP contribution in [0.15, 0.2) is 24.3 Å². The second-order valence-electron chi connectivity index (χ2n) is 6.51. The van der Waals surface area contributed by atoms with Gasteiger partial charge in [0, 0.05) is 19.5 Å². The summed E-state index contributed by atoms with van der Waals surface area (Å²) in [5.41, 5.74) is 0. The molecule has 0 fully saturated rings. The van der Waals surface area contributed by atoms with Crippen LogP contribution in [0.1, 0.15) is 38.3 Å². The molecule has 2 heterocycles. The van der Waals surface area contributed by atoms with Crippen molar-refractivity contribution < 1.29 is 9.47 Å². The fraction of sp³-hybridized carbons (Fsp3) is 0.556. The predicted octanol–water partition coefficient (Wildman–Crippen LogP) is 2.60. The number of aromatic nitrogens is 3. The molecule has 1 aromatic carbocycles. The molecule has 0 saturated heterocycles. The van der Waals surface area contributed by atoms with Gasteiger partial charge in [-0.2, -0.15) is 0 Å². The average molecular weight is 330 g/mol. The Balaban J connectivity index is 1.64. The molecular weight excluding hydrogens is 304 g/mol. The Kier molecular flexibility index (Phi) is 5.04. The van der Waals surface area contributed by atoms with Crippen LogP contribution in [0.5, 0.6) is 11.5 Å². The van der Waals surface area contributed by atoms with Gasteiger partial charge in [-0.1, -0.05) is 32.9 Å². The molecule has 0 amide bonds. The lowest BCUT2D eigenvalue weighted by atomic mass is 10.2. The van der Waals surface area contributed by atoms with Gasteiger partial charge in [-0.25, -0.2) is 0 Å². The first-order chi connectivity index (χ1) is 11.6. The number of ether oxygens (including phenoxy) is 2. The molecule has 1 aromatic heterocycles. The van der Waals surface area contributed by atoms with Crippen molar-refractivity contribution >= 4 is 0 Å². The molecule has 1 atom stereocenters. The molecule has 6 heteroatoms. The normalized spacial score (nSPS) is 16.8. The molecule has 0 bridgehead atoms. The van der Waals surface area contributed by atoms with Gasteiger partial charge in [0.2, 0.25) is 0 Å². The smallest absolute Gasteiger partial charge is 0.161 e. The highest BCUT2D eigenvalue weighted by atomic mass is 16.6. The number of para-hydroxylation sites is 2. The van der Waals surface area contributed by atoms with Crippen LogP contribution in [0.4, 0.5) is 0 Å². The fourth-order valence-electron chi connectivity index (χ4n) is 2.96. The average Bonchev–Trinajstić information content (AvgIpc) is 2.95. The molecule has 0 saturated carbocycles. The van der Waals surface area contributed by atoms with Gasteiger partial charge < -0.3 is 14.0 Å². The molecule has 1 aliphatic rings. The molecule has 130 valence electrons. The topological polar surface area (TPSA) is 52.4 Å². The molecule has 0 unspecified atom stereocenters. The maximum atomic E-state index is 6.07. The number of rotatable bonds is 6. The highest BCUT2D eigenvalue weighted by Gasteiger charge is 2.23. The van der Waals surface area contributed by atoms with E-state index >= 15 is 0 Å². The Bertz CT molecular complexity index is 683. The molecule has 0 aliphatic carbocycles. The number of hydrogen-bond donors (Lipinski definition) is 0. The third-order valence-corrected chi connectivity index (χ3v) is 4.36. The molecular formula is C18H26N4O2. The van der Waals surface area contributed by atoms with E-state index in [-0.39, 0.29) is 6.10 Å². The van der Waals surface area contributed by atoms with E-state index in [0.29, 0.717) is 12.5 Å². The lowest BCUT2D eigenvalue weighted by Crippen LogP contribution is -2.41. The largest absolute Gasteiger partial charge is 0.486 e. The molecule has 0 radical (unpaired) electrons.